The predicted octanol–water partition coefficient (Wildman–Crippen LogP) is 1.96. The summed E-state index contributed by atoms with van der Waals surface area (Å²) in [4.78, 5) is 15.2. The number of rotatable bonds is 5. The first-order valence-corrected chi connectivity index (χ1v) is 4.84. The van der Waals surface area contributed by atoms with Gasteiger partial charge in [0, 0.05) is 6.42 Å². The van der Waals surface area contributed by atoms with Crippen LogP contribution in [0.25, 0.3) is 0 Å². The van der Waals surface area contributed by atoms with Crippen LogP contribution in [0.2, 0.25) is 0 Å². The fraction of sp³-hybridized carbons (Fsp3) is 0.273. The number of carbonyl (C=O) groups is 1. The van der Waals surface area contributed by atoms with E-state index in [4.69, 9.17) is 5.73 Å². The summed E-state index contributed by atoms with van der Waals surface area (Å²) in [6.07, 6.45) is 5.51. The van der Waals surface area contributed by atoms with Gasteiger partial charge in [-0.25, -0.2) is 4.98 Å². The highest BCUT2D eigenvalue weighted by atomic mass is 16.1. The standard InChI is InChI=1S/C11H15N3O/c1-2-3-4-5-11(15)14-9-6-7-10(12)13-8-9/h2,6-8H,1,3-5H2,(H2,12,13)(H,14,15). The molecule has 0 bridgehead atoms. The molecule has 0 aliphatic rings. The monoisotopic (exact) mass is 205 g/mol. The van der Waals surface area contributed by atoms with Gasteiger partial charge in [-0.2, -0.15) is 0 Å². The lowest BCUT2D eigenvalue weighted by Gasteiger charge is -2.03. The maximum atomic E-state index is 11.4. The molecule has 0 saturated carbocycles. The van der Waals surface area contributed by atoms with Crippen LogP contribution >= 0.6 is 0 Å². The molecule has 0 radical (unpaired) electrons. The van der Waals surface area contributed by atoms with Crippen LogP contribution < -0.4 is 11.1 Å². The van der Waals surface area contributed by atoms with E-state index in [0.29, 0.717) is 17.9 Å². The molecule has 0 atom stereocenters. The average Bonchev–Trinajstić information content (AvgIpc) is 2.22. The summed E-state index contributed by atoms with van der Waals surface area (Å²) in [5.41, 5.74) is 6.09. The van der Waals surface area contributed by atoms with Crippen molar-refractivity contribution in [3.63, 3.8) is 0 Å². The highest BCUT2D eigenvalue weighted by Crippen LogP contribution is 2.08. The van der Waals surface area contributed by atoms with Crippen LogP contribution in [0, 0.1) is 0 Å². The van der Waals surface area contributed by atoms with Crippen molar-refractivity contribution in [2.75, 3.05) is 11.1 Å². The summed E-state index contributed by atoms with van der Waals surface area (Å²) in [5, 5.41) is 2.74. The topological polar surface area (TPSA) is 68.0 Å². The van der Waals surface area contributed by atoms with Gasteiger partial charge < -0.3 is 11.1 Å². The van der Waals surface area contributed by atoms with E-state index in [2.05, 4.69) is 16.9 Å². The van der Waals surface area contributed by atoms with Gasteiger partial charge in [-0.15, -0.1) is 6.58 Å². The normalized spacial score (nSPS) is 9.60. The van der Waals surface area contributed by atoms with Crippen molar-refractivity contribution >= 4 is 17.4 Å². The summed E-state index contributed by atoms with van der Waals surface area (Å²) in [7, 11) is 0. The van der Waals surface area contributed by atoms with Gasteiger partial charge in [0.15, 0.2) is 0 Å². The van der Waals surface area contributed by atoms with Crippen LogP contribution in [0.1, 0.15) is 19.3 Å². The van der Waals surface area contributed by atoms with Gasteiger partial charge in [-0.1, -0.05) is 6.08 Å². The molecular weight excluding hydrogens is 190 g/mol. The van der Waals surface area contributed by atoms with Crippen molar-refractivity contribution in [2.24, 2.45) is 0 Å². The van der Waals surface area contributed by atoms with Crippen LogP contribution in [0.4, 0.5) is 11.5 Å². The van der Waals surface area contributed by atoms with Crippen molar-refractivity contribution in [3.8, 4) is 0 Å². The lowest BCUT2D eigenvalue weighted by molar-refractivity contribution is -0.116. The molecule has 80 valence electrons. The van der Waals surface area contributed by atoms with E-state index in [1.165, 1.54) is 0 Å². The lowest BCUT2D eigenvalue weighted by Crippen LogP contribution is -2.11. The highest BCUT2D eigenvalue weighted by Gasteiger charge is 2.01. The zero-order valence-corrected chi connectivity index (χ0v) is 8.57. The Hall–Kier alpha value is -1.84. The van der Waals surface area contributed by atoms with Crippen LogP contribution in [0.3, 0.4) is 0 Å². The average molecular weight is 205 g/mol. The van der Waals surface area contributed by atoms with Gasteiger partial charge in [0.25, 0.3) is 0 Å². The van der Waals surface area contributed by atoms with E-state index in [1.807, 2.05) is 0 Å². The molecule has 4 nitrogen and oxygen atoms in total. The van der Waals surface area contributed by atoms with Crippen LogP contribution in [-0.4, -0.2) is 10.9 Å². The maximum Gasteiger partial charge on any atom is 0.224 e. The van der Waals surface area contributed by atoms with Crippen molar-refractivity contribution < 1.29 is 4.79 Å². The molecule has 3 N–H and O–H groups in total. The molecule has 1 aromatic rings. The molecule has 0 aromatic carbocycles. The third kappa shape index (κ3) is 4.26. The minimum atomic E-state index is -0.0107. The molecule has 0 saturated heterocycles. The van der Waals surface area contributed by atoms with Gasteiger partial charge >= 0.3 is 0 Å². The quantitative estimate of drug-likeness (QED) is 0.570. The third-order valence-electron chi connectivity index (χ3n) is 1.88. The molecule has 0 aliphatic carbocycles. The SMILES string of the molecule is C=CCCCC(=O)Nc1ccc(N)nc1. The second-order valence-corrected chi connectivity index (χ2v) is 3.20. The molecular formula is C11H15N3O. The summed E-state index contributed by atoms with van der Waals surface area (Å²) in [6.45, 7) is 3.60. The van der Waals surface area contributed by atoms with Gasteiger partial charge in [0.1, 0.15) is 5.82 Å². The number of nitrogens with one attached hydrogen (secondary N) is 1. The summed E-state index contributed by atoms with van der Waals surface area (Å²) >= 11 is 0. The van der Waals surface area contributed by atoms with Gasteiger partial charge in [0.2, 0.25) is 5.91 Å². The molecule has 0 unspecified atom stereocenters. The number of carbonyl (C=O) groups excluding carboxylic acids is 1. The molecule has 1 rings (SSSR count). The molecule has 1 heterocycles. The maximum absolute atomic E-state index is 11.4. The predicted molar refractivity (Wildman–Crippen MR) is 61.3 cm³/mol. The Bertz CT molecular complexity index is 332. The summed E-state index contributed by atoms with van der Waals surface area (Å²) in [6, 6.07) is 3.38. The Labute approximate surface area is 89.2 Å². The van der Waals surface area contributed by atoms with Crippen molar-refractivity contribution in [1.82, 2.24) is 4.98 Å². The number of nitrogens with two attached hydrogens (primary N) is 1. The number of pyridine rings is 1. The number of hydrogen-bond acceptors (Lipinski definition) is 3. The molecule has 0 aliphatic heterocycles. The number of hydrogen-bond donors (Lipinski definition) is 2. The minimum absolute atomic E-state index is 0.0107. The molecule has 0 fully saturated rings. The zero-order chi connectivity index (χ0) is 11.1. The number of nitrogen functional groups attached to an aromatic ring is 1. The van der Waals surface area contributed by atoms with E-state index >= 15 is 0 Å². The first kappa shape index (κ1) is 11.2. The molecule has 15 heavy (non-hydrogen) atoms. The fourth-order valence-corrected chi connectivity index (χ4v) is 1.11. The Morgan fingerprint density at radius 3 is 3.00 bits per heavy atom. The second kappa shape index (κ2) is 5.80. The van der Waals surface area contributed by atoms with Gasteiger partial charge in [-0.05, 0) is 25.0 Å². The number of amides is 1. The second-order valence-electron chi connectivity index (χ2n) is 3.20. The van der Waals surface area contributed by atoms with Crippen molar-refractivity contribution in [2.45, 2.75) is 19.3 Å². The third-order valence-corrected chi connectivity index (χ3v) is 1.88. The zero-order valence-electron chi connectivity index (χ0n) is 8.57. The first-order valence-electron chi connectivity index (χ1n) is 4.84. The first-order chi connectivity index (χ1) is 7.22. The molecule has 4 heteroatoms. The fourth-order valence-electron chi connectivity index (χ4n) is 1.11. The number of anilines is 2. The number of allylic oxidation sites excluding steroid dienone is 1. The highest BCUT2D eigenvalue weighted by molar-refractivity contribution is 5.90. The van der Waals surface area contributed by atoms with E-state index in [1.54, 1.807) is 24.4 Å². The van der Waals surface area contributed by atoms with E-state index < -0.39 is 0 Å². The lowest BCUT2D eigenvalue weighted by atomic mass is 10.2. The molecule has 0 spiro atoms. The molecule has 1 amide bonds. The van der Waals surface area contributed by atoms with Gasteiger partial charge in [-0.3, -0.25) is 4.79 Å². The smallest absolute Gasteiger partial charge is 0.224 e. The van der Waals surface area contributed by atoms with Crippen molar-refractivity contribution in [1.29, 1.82) is 0 Å². The van der Waals surface area contributed by atoms with Crippen LogP contribution in [0.5, 0.6) is 0 Å². The number of aromatic nitrogens is 1. The summed E-state index contributed by atoms with van der Waals surface area (Å²) in [5.74, 6) is 0.433. The van der Waals surface area contributed by atoms with Crippen LogP contribution in [0.15, 0.2) is 31.0 Å². The Balaban J connectivity index is 2.37. The minimum Gasteiger partial charge on any atom is -0.384 e. The number of nitrogens with zero attached hydrogens (tertiary/aromatic N) is 1. The largest absolute Gasteiger partial charge is 0.384 e. The number of unbranched alkanes of at least 4 members (excludes halogenated alkanes) is 1. The molecule has 1 aromatic heterocycles. The van der Waals surface area contributed by atoms with Crippen molar-refractivity contribution in [3.05, 3.63) is 31.0 Å². The summed E-state index contributed by atoms with van der Waals surface area (Å²) < 4.78 is 0. The van der Waals surface area contributed by atoms with E-state index in [-0.39, 0.29) is 5.91 Å². The van der Waals surface area contributed by atoms with Gasteiger partial charge in [0.05, 0.1) is 11.9 Å². The Kier molecular flexibility index (Phi) is 4.34. The van der Waals surface area contributed by atoms with E-state index in [0.717, 1.165) is 12.8 Å². The Morgan fingerprint density at radius 1 is 1.60 bits per heavy atom. The Morgan fingerprint density at radius 2 is 2.40 bits per heavy atom. The van der Waals surface area contributed by atoms with E-state index in [9.17, 15) is 4.79 Å². The van der Waals surface area contributed by atoms with Crippen LogP contribution in [-0.2, 0) is 4.79 Å².